The highest BCUT2D eigenvalue weighted by Gasteiger charge is 2.30. The number of nitro benzene ring substituents is 1. The molecule has 0 radical (unpaired) electrons. The molecule has 0 bridgehead atoms. The number of piperidine rings is 1. The van der Waals surface area contributed by atoms with Gasteiger partial charge in [-0.25, -0.2) is 0 Å². The maximum absolute atomic E-state index is 10.9. The van der Waals surface area contributed by atoms with Crippen molar-refractivity contribution in [1.82, 2.24) is 10.2 Å². The van der Waals surface area contributed by atoms with Gasteiger partial charge in [0.2, 0.25) is 0 Å². The highest BCUT2D eigenvalue weighted by molar-refractivity contribution is 5.36. The molecule has 2 rings (SSSR count). The van der Waals surface area contributed by atoms with E-state index in [1.54, 1.807) is 18.2 Å². The lowest BCUT2D eigenvalue weighted by Gasteiger charge is -2.39. The molecule has 5 nitrogen and oxygen atoms in total. The van der Waals surface area contributed by atoms with E-state index in [0.29, 0.717) is 5.92 Å². The number of rotatable bonds is 4. The van der Waals surface area contributed by atoms with E-state index in [1.807, 2.05) is 13.1 Å². The van der Waals surface area contributed by atoms with Gasteiger partial charge in [0.25, 0.3) is 5.69 Å². The van der Waals surface area contributed by atoms with Crippen molar-refractivity contribution >= 4 is 5.69 Å². The van der Waals surface area contributed by atoms with Crippen LogP contribution in [0.4, 0.5) is 5.69 Å². The predicted octanol–water partition coefficient (Wildman–Crippen LogP) is 2.20. The van der Waals surface area contributed by atoms with Crippen molar-refractivity contribution in [2.24, 2.45) is 5.92 Å². The molecule has 1 aromatic rings. The topological polar surface area (TPSA) is 58.4 Å². The van der Waals surface area contributed by atoms with E-state index in [2.05, 4.69) is 17.3 Å². The molecule has 1 aliphatic heterocycles. The van der Waals surface area contributed by atoms with Gasteiger partial charge in [-0.1, -0.05) is 12.1 Å². The third kappa shape index (κ3) is 3.11. The molecule has 0 spiro atoms. The van der Waals surface area contributed by atoms with Crippen LogP contribution in [-0.4, -0.2) is 37.0 Å². The van der Waals surface area contributed by atoms with E-state index in [9.17, 15) is 10.1 Å². The van der Waals surface area contributed by atoms with Crippen LogP contribution in [0.15, 0.2) is 24.3 Å². The van der Waals surface area contributed by atoms with Gasteiger partial charge in [0.15, 0.2) is 0 Å². The Morgan fingerprint density at radius 3 is 3.00 bits per heavy atom. The van der Waals surface area contributed by atoms with Gasteiger partial charge in [-0.15, -0.1) is 0 Å². The summed E-state index contributed by atoms with van der Waals surface area (Å²) in [5, 5.41) is 14.1. The van der Waals surface area contributed by atoms with Crippen molar-refractivity contribution in [3.8, 4) is 0 Å². The molecule has 104 valence electrons. The minimum absolute atomic E-state index is 0.180. The van der Waals surface area contributed by atoms with Gasteiger partial charge in [-0.05, 0) is 51.5 Å². The minimum atomic E-state index is -0.320. The van der Waals surface area contributed by atoms with Crippen molar-refractivity contribution in [3.63, 3.8) is 0 Å². The lowest BCUT2D eigenvalue weighted by atomic mass is 9.85. The van der Waals surface area contributed by atoms with Gasteiger partial charge in [0.1, 0.15) is 0 Å². The Bertz CT molecular complexity index is 448. The molecule has 5 heteroatoms. The van der Waals surface area contributed by atoms with Crippen LogP contribution >= 0.6 is 0 Å². The van der Waals surface area contributed by atoms with E-state index >= 15 is 0 Å². The quantitative estimate of drug-likeness (QED) is 0.668. The van der Waals surface area contributed by atoms with E-state index in [-0.39, 0.29) is 16.7 Å². The van der Waals surface area contributed by atoms with Crippen LogP contribution in [0.5, 0.6) is 0 Å². The summed E-state index contributed by atoms with van der Waals surface area (Å²) < 4.78 is 0. The van der Waals surface area contributed by atoms with E-state index < -0.39 is 0 Å². The molecular formula is C14H21N3O2. The largest absolute Gasteiger partial charge is 0.319 e. The zero-order valence-corrected chi connectivity index (χ0v) is 11.5. The molecule has 19 heavy (non-hydrogen) atoms. The van der Waals surface area contributed by atoms with Gasteiger partial charge < -0.3 is 5.32 Å². The summed E-state index contributed by atoms with van der Waals surface area (Å²) >= 11 is 0. The summed E-state index contributed by atoms with van der Waals surface area (Å²) in [7, 11) is 4.06. The van der Waals surface area contributed by atoms with Crippen molar-refractivity contribution in [2.45, 2.75) is 18.9 Å². The normalized spacial score (nSPS) is 24.3. The fourth-order valence-electron chi connectivity index (χ4n) is 3.08. The number of benzene rings is 1. The summed E-state index contributed by atoms with van der Waals surface area (Å²) in [4.78, 5) is 12.9. The molecule has 1 aromatic carbocycles. The molecule has 1 fully saturated rings. The second-order valence-corrected chi connectivity index (χ2v) is 5.24. The van der Waals surface area contributed by atoms with Crippen LogP contribution in [-0.2, 0) is 0 Å². The van der Waals surface area contributed by atoms with Gasteiger partial charge in [0, 0.05) is 18.2 Å². The molecule has 0 aromatic heterocycles. The molecule has 0 saturated carbocycles. The summed E-state index contributed by atoms with van der Waals surface area (Å²) in [6.45, 7) is 1.99. The average molecular weight is 263 g/mol. The Balaban J connectivity index is 2.29. The number of nitrogens with zero attached hydrogens (tertiary/aromatic N) is 2. The number of hydrogen-bond donors (Lipinski definition) is 1. The molecule has 0 aliphatic carbocycles. The minimum Gasteiger partial charge on any atom is -0.319 e. The van der Waals surface area contributed by atoms with Crippen molar-refractivity contribution in [1.29, 1.82) is 0 Å². The highest BCUT2D eigenvalue weighted by Crippen LogP contribution is 2.35. The Kier molecular flexibility index (Phi) is 4.50. The third-order valence-corrected chi connectivity index (χ3v) is 3.90. The number of non-ortho nitro benzene ring substituents is 1. The fourth-order valence-corrected chi connectivity index (χ4v) is 3.08. The summed E-state index contributed by atoms with van der Waals surface area (Å²) in [5.74, 6) is 0.505. The first-order chi connectivity index (χ1) is 9.13. The molecule has 2 unspecified atom stereocenters. The van der Waals surface area contributed by atoms with Crippen molar-refractivity contribution in [2.75, 3.05) is 27.2 Å². The molecule has 1 heterocycles. The van der Waals surface area contributed by atoms with Gasteiger partial charge in [0.05, 0.1) is 4.92 Å². The van der Waals surface area contributed by atoms with Crippen LogP contribution in [0, 0.1) is 16.0 Å². The Labute approximate surface area is 113 Å². The molecular weight excluding hydrogens is 242 g/mol. The molecule has 1 saturated heterocycles. The maximum atomic E-state index is 10.9. The Hall–Kier alpha value is -1.46. The summed E-state index contributed by atoms with van der Waals surface area (Å²) in [5.41, 5.74) is 1.23. The molecule has 0 amide bonds. The summed E-state index contributed by atoms with van der Waals surface area (Å²) in [6.07, 6.45) is 2.35. The number of hydrogen-bond acceptors (Lipinski definition) is 4. The van der Waals surface area contributed by atoms with E-state index in [1.165, 1.54) is 12.8 Å². The number of nitrogens with one attached hydrogen (secondary N) is 1. The van der Waals surface area contributed by atoms with Crippen molar-refractivity contribution in [3.05, 3.63) is 39.9 Å². The molecule has 2 atom stereocenters. The number of nitro groups is 1. The van der Waals surface area contributed by atoms with Crippen LogP contribution in [0.2, 0.25) is 0 Å². The standard InChI is InChI=1S/C14H21N3O2/c1-15-10-12-6-4-8-16(2)14(12)11-5-3-7-13(9-11)17(18)19/h3,5,7,9,12,14-15H,4,6,8,10H2,1-2H3. The van der Waals surface area contributed by atoms with Gasteiger partial charge in [-0.3, -0.25) is 15.0 Å². The Morgan fingerprint density at radius 2 is 2.32 bits per heavy atom. The zero-order valence-electron chi connectivity index (χ0n) is 11.5. The van der Waals surface area contributed by atoms with Crippen LogP contribution < -0.4 is 5.32 Å². The second kappa shape index (κ2) is 6.12. The van der Waals surface area contributed by atoms with Crippen molar-refractivity contribution < 1.29 is 4.92 Å². The van der Waals surface area contributed by atoms with E-state index in [4.69, 9.17) is 0 Å². The van der Waals surface area contributed by atoms with Gasteiger partial charge in [-0.2, -0.15) is 0 Å². The first-order valence-corrected chi connectivity index (χ1v) is 6.72. The third-order valence-electron chi connectivity index (χ3n) is 3.90. The maximum Gasteiger partial charge on any atom is 0.269 e. The average Bonchev–Trinajstić information content (AvgIpc) is 2.39. The lowest BCUT2D eigenvalue weighted by Crippen LogP contribution is -2.39. The molecule has 1 aliphatic rings. The lowest BCUT2D eigenvalue weighted by molar-refractivity contribution is -0.385. The SMILES string of the molecule is CNCC1CCCN(C)C1c1cccc([N+](=O)[O-])c1. The Morgan fingerprint density at radius 1 is 1.53 bits per heavy atom. The first kappa shape index (κ1) is 14.0. The van der Waals surface area contributed by atoms with E-state index in [0.717, 1.165) is 18.7 Å². The van der Waals surface area contributed by atoms with Crippen LogP contribution in [0.3, 0.4) is 0 Å². The van der Waals surface area contributed by atoms with Gasteiger partial charge >= 0.3 is 0 Å². The smallest absolute Gasteiger partial charge is 0.269 e. The monoisotopic (exact) mass is 263 g/mol. The fraction of sp³-hybridized carbons (Fsp3) is 0.571. The van der Waals surface area contributed by atoms with Crippen LogP contribution in [0.1, 0.15) is 24.4 Å². The number of likely N-dealkylation sites (tertiary alicyclic amines) is 1. The predicted molar refractivity (Wildman–Crippen MR) is 75.1 cm³/mol. The van der Waals surface area contributed by atoms with Crippen LogP contribution in [0.25, 0.3) is 0 Å². The second-order valence-electron chi connectivity index (χ2n) is 5.24. The zero-order chi connectivity index (χ0) is 13.8. The summed E-state index contributed by atoms with van der Waals surface area (Å²) in [6, 6.07) is 7.32. The highest BCUT2D eigenvalue weighted by atomic mass is 16.6. The first-order valence-electron chi connectivity index (χ1n) is 6.72. The molecule has 1 N–H and O–H groups in total.